The molecule has 1 saturated heterocycles. The van der Waals surface area contributed by atoms with E-state index in [0.717, 1.165) is 18.8 Å². The van der Waals surface area contributed by atoms with Crippen LogP contribution < -0.4 is 15.0 Å². The third kappa shape index (κ3) is 5.35. The second kappa shape index (κ2) is 9.55. The normalized spacial score (nSPS) is 14.3. The Morgan fingerprint density at radius 2 is 1.93 bits per heavy atom. The molecule has 29 heavy (non-hydrogen) atoms. The summed E-state index contributed by atoms with van der Waals surface area (Å²) >= 11 is 12.1. The quantitative estimate of drug-likeness (QED) is 0.569. The van der Waals surface area contributed by atoms with Crippen molar-refractivity contribution in [2.24, 2.45) is 0 Å². The Morgan fingerprint density at radius 3 is 2.55 bits per heavy atom. The average molecular weight is 431 g/mol. The number of nitrogens with zero attached hydrogens (tertiary/aromatic N) is 3. The lowest BCUT2D eigenvalue weighted by Crippen LogP contribution is -2.44. The van der Waals surface area contributed by atoms with Crippen LogP contribution in [0.3, 0.4) is 0 Å². The van der Waals surface area contributed by atoms with Gasteiger partial charge >= 0.3 is 0 Å². The second-order valence-electron chi connectivity index (χ2n) is 6.46. The van der Waals surface area contributed by atoms with Gasteiger partial charge in [0.1, 0.15) is 17.4 Å². The summed E-state index contributed by atoms with van der Waals surface area (Å²) in [4.78, 5) is 16.7. The molecule has 0 unspecified atom stereocenters. The largest absolute Gasteiger partial charge is 0.495 e. The fraction of sp³-hybridized carbons (Fsp3) is 0.238. The van der Waals surface area contributed by atoms with E-state index in [9.17, 15) is 10.1 Å². The number of methoxy groups -OCH3 is 1. The molecule has 150 valence electrons. The number of nitriles is 1. The van der Waals surface area contributed by atoms with E-state index in [0.29, 0.717) is 34.6 Å². The van der Waals surface area contributed by atoms with Gasteiger partial charge in [0, 0.05) is 48.8 Å². The van der Waals surface area contributed by atoms with E-state index < -0.39 is 5.91 Å². The van der Waals surface area contributed by atoms with E-state index in [1.54, 1.807) is 24.4 Å². The van der Waals surface area contributed by atoms with Crippen molar-refractivity contribution in [3.63, 3.8) is 0 Å². The highest BCUT2D eigenvalue weighted by Gasteiger charge is 2.18. The summed E-state index contributed by atoms with van der Waals surface area (Å²) in [7, 11) is 1.52. The molecule has 2 aromatic carbocycles. The standard InChI is InChI=1S/C21H20Cl2N4O2/c1-29-20-6-5-17(12-19(20)23)25-21(28)15(13-24)14-26-7-9-27(10-8-26)18-4-2-3-16(22)11-18/h2-6,11-12,14H,7-10H2,1H3,(H,25,28)/b15-14-. The van der Waals surface area contributed by atoms with Crippen molar-refractivity contribution >= 4 is 40.5 Å². The van der Waals surface area contributed by atoms with Crippen LogP contribution in [0.15, 0.2) is 54.2 Å². The molecule has 1 aliphatic rings. The van der Waals surface area contributed by atoms with E-state index in [-0.39, 0.29) is 5.57 Å². The zero-order chi connectivity index (χ0) is 20.8. The molecule has 1 heterocycles. The minimum absolute atomic E-state index is 0.0353. The Bertz CT molecular complexity index is 963. The molecule has 0 radical (unpaired) electrons. The summed E-state index contributed by atoms with van der Waals surface area (Å²) in [6.07, 6.45) is 1.61. The van der Waals surface area contributed by atoms with Crippen molar-refractivity contribution in [2.75, 3.05) is 43.5 Å². The van der Waals surface area contributed by atoms with Crippen molar-refractivity contribution < 1.29 is 9.53 Å². The number of hydrogen-bond donors (Lipinski definition) is 1. The van der Waals surface area contributed by atoms with E-state index in [1.165, 1.54) is 7.11 Å². The van der Waals surface area contributed by atoms with Gasteiger partial charge in [0.15, 0.2) is 0 Å². The van der Waals surface area contributed by atoms with Crippen LogP contribution >= 0.6 is 23.2 Å². The fourth-order valence-corrected chi connectivity index (χ4v) is 3.49. The number of ether oxygens (including phenoxy) is 1. The number of amides is 1. The molecule has 0 aromatic heterocycles. The Morgan fingerprint density at radius 1 is 1.17 bits per heavy atom. The van der Waals surface area contributed by atoms with Crippen LogP contribution in [0.2, 0.25) is 10.0 Å². The lowest BCUT2D eigenvalue weighted by molar-refractivity contribution is -0.112. The Hall–Kier alpha value is -2.88. The summed E-state index contributed by atoms with van der Waals surface area (Å²) in [6, 6.07) is 14.6. The fourth-order valence-electron chi connectivity index (χ4n) is 3.05. The number of rotatable bonds is 5. The minimum Gasteiger partial charge on any atom is -0.495 e. The van der Waals surface area contributed by atoms with Crippen LogP contribution in [-0.4, -0.2) is 44.1 Å². The van der Waals surface area contributed by atoms with Crippen molar-refractivity contribution in [1.82, 2.24) is 4.90 Å². The predicted molar refractivity (Wildman–Crippen MR) is 116 cm³/mol. The van der Waals surface area contributed by atoms with Gasteiger partial charge in [0.25, 0.3) is 5.91 Å². The molecule has 0 spiro atoms. The van der Waals surface area contributed by atoms with Crippen LogP contribution in [0.25, 0.3) is 0 Å². The average Bonchev–Trinajstić information content (AvgIpc) is 2.72. The highest BCUT2D eigenvalue weighted by molar-refractivity contribution is 6.32. The maximum absolute atomic E-state index is 12.5. The van der Waals surface area contributed by atoms with E-state index >= 15 is 0 Å². The predicted octanol–water partition coefficient (Wildman–Crippen LogP) is 4.17. The van der Waals surface area contributed by atoms with E-state index in [1.807, 2.05) is 35.2 Å². The maximum atomic E-state index is 12.5. The summed E-state index contributed by atoms with van der Waals surface area (Å²) < 4.78 is 5.09. The first-order chi connectivity index (χ1) is 14.0. The first-order valence-corrected chi connectivity index (χ1v) is 9.77. The van der Waals surface area contributed by atoms with Crippen LogP contribution in [-0.2, 0) is 4.79 Å². The number of carbonyl (C=O) groups is 1. The summed E-state index contributed by atoms with van der Waals surface area (Å²) in [5.41, 5.74) is 1.59. The van der Waals surface area contributed by atoms with E-state index in [2.05, 4.69) is 10.2 Å². The third-order valence-corrected chi connectivity index (χ3v) is 5.10. The molecule has 1 fully saturated rings. The molecule has 0 bridgehead atoms. The molecule has 0 atom stereocenters. The highest BCUT2D eigenvalue weighted by atomic mass is 35.5. The molecule has 6 nitrogen and oxygen atoms in total. The van der Waals surface area contributed by atoms with Gasteiger partial charge < -0.3 is 19.9 Å². The molecule has 1 amide bonds. The van der Waals surface area contributed by atoms with E-state index in [4.69, 9.17) is 27.9 Å². The van der Waals surface area contributed by atoms with Gasteiger partial charge in [-0.2, -0.15) is 5.26 Å². The monoisotopic (exact) mass is 430 g/mol. The SMILES string of the molecule is COc1ccc(NC(=O)/C(C#N)=C\N2CCN(c3cccc(Cl)c3)CC2)cc1Cl. The minimum atomic E-state index is -0.481. The first-order valence-electron chi connectivity index (χ1n) is 9.01. The number of nitrogens with one attached hydrogen (secondary N) is 1. The summed E-state index contributed by atoms with van der Waals surface area (Å²) in [6.45, 7) is 2.93. The topological polar surface area (TPSA) is 68.6 Å². The second-order valence-corrected chi connectivity index (χ2v) is 7.30. The number of hydrogen-bond acceptors (Lipinski definition) is 5. The number of halogens is 2. The highest BCUT2D eigenvalue weighted by Crippen LogP contribution is 2.27. The van der Waals surface area contributed by atoms with Gasteiger partial charge in [0.05, 0.1) is 12.1 Å². The van der Waals surface area contributed by atoms with Crippen molar-refractivity contribution in [1.29, 1.82) is 5.26 Å². The lowest BCUT2D eigenvalue weighted by atomic mass is 10.2. The Labute approximate surface area is 179 Å². The van der Waals surface area contributed by atoms with Gasteiger partial charge in [0.2, 0.25) is 0 Å². The first kappa shape index (κ1) is 20.8. The van der Waals surface area contributed by atoms with Crippen molar-refractivity contribution in [3.8, 4) is 11.8 Å². The number of carbonyl (C=O) groups excluding carboxylic acids is 1. The Kier molecular flexibility index (Phi) is 6.86. The number of benzene rings is 2. The molecular formula is C21H20Cl2N4O2. The number of anilines is 2. The van der Waals surface area contributed by atoms with Crippen LogP contribution in [0.5, 0.6) is 5.75 Å². The van der Waals surface area contributed by atoms with Gasteiger partial charge in [-0.15, -0.1) is 0 Å². The van der Waals surface area contributed by atoms with Crippen LogP contribution in [0.4, 0.5) is 11.4 Å². The van der Waals surface area contributed by atoms with Crippen molar-refractivity contribution in [3.05, 3.63) is 64.3 Å². The molecule has 3 rings (SSSR count). The third-order valence-electron chi connectivity index (χ3n) is 4.57. The van der Waals surface area contributed by atoms with Crippen molar-refractivity contribution in [2.45, 2.75) is 0 Å². The summed E-state index contributed by atoms with van der Waals surface area (Å²) in [5, 5.41) is 13.2. The van der Waals surface area contributed by atoms with Crippen LogP contribution in [0.1, 0.15) is 0 Å². The molecule has 1 aliphatic heterocycles. The zero-order valence-electron chi connectivity index (χ0n) is 15.9. The molecule has 0 aliphatic carbocycles. The van der Waals surface area contributed by atoms with Gasteiger partial charge in [-0.1, -0.05) is 29.3 Å². The molecule has 2 aromatic rings. The number of piperazine rings is 1. The Balaban J connectivity index is 1.62. The molecule has 0 saturated carbocycles. The molecule has 1 N–H and O–H groups in total. The zero-order valence-corrected chi connectivity index (χ0v) is 17.4. The van der Waals surface area contributed by atoms with Gasteiger partial charge in [-0.25, -0.2) is 0 Å². The van der Waals surface area contributed by atoms with Gasteiger partial charge in [-0.05, 0) is 36.4 Å². The smallest absolute Gasteiger partial charge is 0.267 e. The summed E-state index contributed by atoms with van der Waals surface area (Å²) in [5.74, 6) is 0.0318. The maximum Gasteiger partial charge on any atom is 0.267 e. The van der Waals surface area contributed by atoms with Crippen LogP contribution in [0, 0.1) is 11.3 Å². The lowest BCUT2D eigenvalue weighted by Gasteiger charge is -2.35. The molecular weight excluding hydrogens is 411 g/mol. The van der Waals surface area contributed by atoms with Gasteiger partial charge in [-0.3, -0.25) is 4.79 Å². The molecule has 8 heteroatoms.